The third kappa shape index (κ3) is 5.88. The predicted octanol–water partition coefficient (Wildman–Crippen LogP) is 2.40. The molecule has 1 aromatic carbocycles. The van der Waals surface area contributed by atoms with Crippen LogP contribution in [-0.2, 0) is 13.0 Å². The molecule has 0 fully saturated rings. The Hall–Kier alpha value is -2.23. The molecule has 0 saturated heterocycles. The zero-order valence-corrected chi connectivity index (χ0v) is 18.2. The number of benzene rings is 1. The summed E-state index contributed by atoms with van der Waals surface area (Å²) in [5.41, 5.74) is 2.35. The second-order valence-electron chi connectivity index (χ2n) is 6.21. The minimum absolute atomic E-state index is 0. The van der Waals surface area contributed by atoms with Crippen LogP contribution in [0.2, 0.25) is 0 Å². The number of rotatable bonds is 6. The topological polar surface area (TPSA) is 71.0 Å². The highest BCUT2D eigenvalue weighted by molar-refractivity contribution is 14.0. The minimum atomic E-state index is 0. The number of guanidine groups is 1. The summed E-state index contributed by atoms with van der Waals surface area (Å²) in [4.78, 5) is 10.6. The Morgan fingerprint density at radius 1 is 1.11 bits per heavy atom. The maximum Gasteiger partial charge on any atom is 0.231 e. The molecule has 8 heteroatoms. The largest absolute Gasteiger partial charge is 0.454 e. The molecular formula is C19H26IN5O2. The normalized spacial score (nSPS) is 12.3. The van der Waals surface area contributed by atoms with Crippen molar-refractivity contribution in [1.82, 2.24) is 15.6 Å². The number of hydrogen-bond acceptors (Lipinski definition) is 5. The van der Waals surface area contributed by atoms with Crippen LogP contribution in [-0.4, -0.2) is 45.4 Å². The van der Waals surface area contributed by atoms with Crippen molar-refractivity contribution in [2.24, 2.45) is 4.99 Å². The number of pyridine rings is 1. The third-order valence-corrected chi connectivity index (χ3v) is 4.09. The van der Waals surface area contributed by atoms with Crippen molar-refractivity contribution in [3.8, 4) is 11.5 Å². The summed E-state index contributed by atoms with van der Waals surface area (Å²) in [6.07, 6.45) is 2.69. The zero-order chi connectivity index (χ0) is 18.4. The highest BCUT2D eigenvalue weighted by Gasteiger charge is 2.12. The predicted molar refractivity (Wildman–Crippen MR) is 118 cm³/mol. The van der Waals surface area contributed by atoms with Crippen LogP contribution >= 0.6 is 24.0 Å². The van der Waals surface area contributed by atoms with E-state index < -0.39 is 0 Å². The molecule has 0 bridgehead atoms. The summed E-state index contributed by atoms with van der Waals surface area (Å²) in [6, 6.07) is 10.1. The molecule has 0 atom stereocenters. The van der Waals surface area contributed by atoms with Gasteiger partial charge in [0.2, 0.25) is 6.79 Å². The molecule has 146 valence electrons. The van der Waals surface area contributed by atoms with E-state index in [1.54, 1.807) is 7.05 Å². The van der Waals surface area contributed by atoms with Gasteiger partial charge in [-0.05, 0) is 41.8 Å². The molecular weight excluding hydrogens is 457 g/mol. The Kier molecular flexibility index (Phi) is 7.96. The fourth-order valence-electron chi connectivity index (χ4n) is 2.64. The van der Waals surface area contributed by atoms with Gasteiger partial charge in [0.1, 0.15) is 5.82 Å². The number of nitrogens with zero attached hydrogens (tertiary/aromatic N) is 3. The summed E-state index contributed by atoms with van der Waals surface area (Å²) in [6.45, 7) is 1.77. The van der Waals surface area contributed by atoms with E-state index in [4.69, 9.17) is 9.47 Å². The minimum Gasteiger partial charge on any atom is -0.454 e. The molecule has 1 aliphatic heterocycles. The van der Waals surface area contributed by atoms with Crippen LogP contribution in [0.3, 0.4) is 0 Å². The molecule has 27 heavy (non-hydrogen) atoms. The van der Waals surface area contributed by atoms with Gasteiger partial charge in [0, 0.05) is 40.4 Å². The number of fused-ring (bicyclic) bond motifs is 1. The fraction of sp³-hybridized carbons (Fsp3) is 0.368. The second-order valence-corrected chi connectivity index (χ2v) is 6.21. The number of aromatic nitrogens is 1. The number of ether oxygens (including phenoxy) is 2. The zero-order valence-electron chi connectivity index (χ0n) is 15.9. The summed E-state index contributed by atoms with van der Waals surface area (Å²) >= 11 is 0. The molecule has 2 N–H and O–H groups in total. The number of hydrogen-bond donors (Lipinski definition) is 2. The average molecular weight is 483 g/mol. The van der Waals surface area contributed by atoms with Crippen molar-refractivity contribution in [2.75, 3.05) is 39.4 Å². The second kappa shape index (κ2) is 10.2. The summed E-state index contributed by atoms with van der Waals surface area (Å²) in [5, 5.41) is 6.66. The molecule has 0 aliphatic carbocycles. The van der Waals surface area contributed by atoms with E-state index in [1.165, 1.54) is 5.56 Å². The Labute approximate surface area is 177 Å². The van der Waals surface area contributed by atoms with Gasteiger partial charge in [-0.2, -0.15) is 0 Å². The fourth-order valence-corrected chi connectivity index (χ4v) is 2.64. The molecule has 0 radical (unpaired) electrons. The smallest absolute Gasteiger partial charge is 0.231 e. The lowest BCUT2D eigenvalue weighted by Gasteiger charge is -2.14. The lowest BCUT2D eigenvalue weighted by atomic mass is 10.1. The number of aliphatic imine (C=N–C) groups is 1. The van der Waals surface area contributed by atoms with Gasteiger partial charge in [0.25, 0.3) is 0 Å². The average Bonchev–Trinajstić information content (AvgIpc) is 3.12. The highest BCUT2D eigenvalue weighted by Crippen LogP contribution is 2.32. The first-order valence-corrected chi connectivity index (χ1v) is 8.61. The monoisotopic (exact) mass is 483 g/mol. The molecule has 0 saturated carbocycles. The van der Waals surface area contributed by atoms with Crippen LogP contribution in [0.25, 0.3) is 0 Å². The quantitative estimate of drug-likeness (QED) is 0.374. The highest BCUT2D eigenvalue weighted by atomic mass is 127. The van der Waals surface area contributed by atoms with E-state index >= 15 is 0 Å². The van der Waals surface area contributed by atoms with Crippen molar-refractivity contribution in [1.29, 1.82) is 0 Å². The molecule has 0 spiro atoms. The maximum atomic E-state index is 5.41. The van der Waals surface area contributed by atoms with Gasteiger partial charge in [-0.15, -0.1) is 24.0 Å². The Balaban J connectivity index is 0.00000261. The van der Waals surface area contributed by atoms with Crippen molar-refractivity contribution < 1.29 is 9.47 Å². The van der Waals surface area contributed by atoms with Crippen molar-refractivity contribution in [2.45, 2.75) is 13.0 Å². The molecule has 7 nitrogen and oxygen atoms in total. The van der Waals surface area contributed by atoms with E-state index in [-0.39, 0.29) is 24.0 Å². The van der Waals surface area contributed by atoms with Gasteiger partial charge in [0.15, 0.2) is 17.5 Å². The number of anilines is 1. The van der Waals surface area contributed by atoms with Crippen molar-refractivity contribution >= 4 is 35.8 Å². The SMILES string of the molecule is CN=C(NCCc1ccc2c(c1)OCO2)NCc1ccnc(N(C)C)c1.I. The lowest BCUT2D eigenvalue weighted by molar-refractivity contribution is 0.174. The Morgan fingerprint density at radius 3 is 2.70 bits per heavy atom. The Bertz CT molecular complexity index is 782. The molecule has 0 unspecified atom stereocenters. The van der Waals surface area contributed by atoms with Crippen LogP contribution in [0, 0.1) is 0 Å². The van der Waals surface area contributed by atoms with Crippen LogP contribution in [0.1, 0.15) is 11.1 Å². The third-order valence-electron chi connectivity index (χ3n) is 4.09. The first-order chi connectivity index (χ1) is 12.7. The maximum absolute atomic E-state index is 5.41. The summed E-state index contributed by atoms with van der Waals surface area (Å²) in [5.74, 6) is 3.34. The molecule has 2 aromatic rings. The molecule has 1 aromatic heterocycles. The van der Waals surface area contributed by atoms with Gasteiger partial charge in [0.05, 0.1) is 0 Å². The van der Waals surface area contributed by atoms with Gasteiger partial charge >= 0.3 is 0 Å². The van der Waals surface area contributed by atoms with Gasteiger partial charge in [-0.25, -0.2) is 4.98 Å². The number of nitrogens with one attached hydrogen (secondary N) is 2. The number of halogens is 1. The van der Waals surface area contributed by atoms with Crippen molar-refractivity contribution in [3.63, 3.8) is 0 Å². The van der Waals surface area contributed by atoms with Crippen LogP contribution in [0.4, 0.5) is 5.82 Å². The van der Waals surface area contributed by atoms with E-state index in [2.05, 4.69) is 32.7 Å². The summed E-state index contributed by atoms with van der Waals surface area (Å²) < 4.78 is 10.8. The lowest BCUT2D eigenvalue weighted by Crippen LogP contribution is -2.37. The molecule has 2 heterocycles. The molecule has 1 aliphatic rings. The first-order valence-electron chi connectivity index (χ1n) is 8.61. The van der Waals surface area contributed by atoms with E-state index in [0.29, 0.717) is 13.3 Å². The van der Waals surface area contributed by atoms with Crippen LogP contribution in [0.15, 0.2) is 41.5 Å². The first kappa shape index (κ1) is 21.1. The van der Waals surface area contributed by atoms with Crippen molar-refractivity contribution in [3.05, 3.63) is 47.7 Å². The summed E-state index contributed by atoms with van der Waals surface area (Å²) in [7, 11) is 5.74. The standard InChI is InChI=1S/C19H25N5O2.HI/c1-20-19(23-12-15-7-8-21-18(11-15)24(2)3)22-9-6-14-4-5-16-17(10-14)26-13-25-16;/h4-5,7-8,10-11H,6,9,12-13H2,1-3H3,(H2,20,22,23);1H. The van der Waals surface area contributed by atoms with Crippen LogP contribution in [0.5, 0.6) is 11.5 Å². The van der Waals surface area contributed by atoms with E-state index in [1.807, 2.05) is 43.4 Å². The molecule has 0 amide bonds. The van der Waals surface area contributed by atoms with Gasteiger partial charge < -0.3 is 25.0 Å². The van der Waals surface area contributed by atoms with E-state index in [9.17, 15) is 0 Å². The van der Waals surface area contributed by atoms with Crippen LogP contribution < -0.4 is 25.0 Å². The van der Waals surface area contributed by atoms with Gasteiger partial charge in [-0.1, -0.05) is 6.07 Å². The molecule has 3 rings (SSSR count). The van der Waals surface area contributed by atoms with Gasteiger partial charge in [-0.3, -0.25) is 4.99 Å². The Morgan fingerprint density at radius 2 is 1.93 bits per heavy atom. The van der Waals surface area contributed by atoms with E-state index in [0.717, 1.165) is 41.8 Å².